The molecule has 1 heterocycles. The zero-order valence-corrected chi connectivity index (χ0v) is 13.8. The van der Waals surface area contributed by atoms with Gasteiger partial charge in [-0.25, -0.2) is 8.78 Å². The fourth-order valence-electron chi connectivity index (χ4n) is 2.64. The number of benzene rings is 1. The average Bonchev–Trinajstić information content (AvgIpc) is 3.05. The van der Waals surface area contributed by atoms with E-state index in [4.69, 9.17) is 6.42 Å². The zero-order chi connectivity index (χ0) is 18.7. The standard InChI is InChI=1S/C17H17F2N3O3/c1-4-10-8-11(18)14(12(19)9-10)20-15(23)17(25)22-7-5-6-13(22)16(24)21(2)3/h1,8-9,13H,5-7H2,2-3H3,(H,20,23)/t13-/m0/s1. The summed E-state index contributed by atoms with van der Waals surface area (Å²) >= 11 is 0. The van der Waals surface area contributed by atoms with Crippen molar-refractivity contribution in [2.75, 3.05) is 26.0 Å². The van der Waals surface area contributed by atoms with Crippen molar-refractivity contribution in [3.63, 3.8) is 0 Å². The molecule has 132 valence electrons. The Kier molecular flexibility index (Phi) is 5.37. The first-order valence-corrected chi connectivity index (χ1v) is 7.55. The second-order valence-electron chi connectivity index (χ2n) is 5.80. The molecular formula is C17H17F2N3O3. The zero-order valence-electron chi connectivity index (χ0n) is 13.8. The number of carbonyl (C=O) groups excluding carboxylic acids is 3. The van der Waals surface area contributed by atoms with Crippen molar-refractivity contribution in [3.8, 4) is 12.3 Å². The third kappa shape index (κ3) is 3.76. The van der Waals surface area contributed by atoms with Crippen molar-refractivity contribution < 1.29 is 23.2 Å². The molecule has 1 aliphatic heterocycles. The number of likely N-dealkylation sites (N-methyl/N-ethyl adjacent to an activating group) is 1. The first kappa shape index (κ1) is 18.4. The number of terminal acetylenes is 1. The maximum atomic E-state index is 13.9. The summed E-state index contributed by atoms with van der Waals surface area (Å²) in [7, 11) is 3.09. The molecule has 0 spiro atoms. The maximum Gasteiger partial charge on any atom is 0.314 e. The molecule has 1 aromatic carbocycles. The van der Waals surface area contributed by atoms with Gasteiger partial charge in [0, 0.05) is 26.2 Å². The molecule has 1 N–H and O–H groups in total. The summed E-state index contributed by atoms with van der Waals surface area (Å²) in [6, 6.07) is 0.987. The van der Waals surface area contributed by atoms with Crippen LogP contribution in [0.2, 0.25) is 0 Å². The lowest BCUT2D eigenvalue weighted by molar-refractivity contribution is -0.147. The van der Waals surface area contributed by atoms with E-state index in [1.165, 1.54) is 4.90 Å². The van der Waals surface area contributed by atoms with Gasteiger partial charge in [0.2, 0.25) is 5.91 Å². The smallest absolute Gasteiger partial charge is 0.314 e. The lowest BCUT2D eigenvalue weighted by Crippen LogP contribution is -2.49. The van der Waals surface area contributed by atoms with Crippen LogP contribution in [0.3, 0.4) is 0 Å². The molecular weight excluding hydrogens is 332 g/mol. The number of likely N-dealkylation sites (tertiary alicyclic amines) is 1. The molecule has 1 atom stereocenters. The number of rotatable bonds is 2. The predicted molar refractivity (Wildman–Crippen MR) is 86.4 cm³/mol. The molecule has 0 aliphatic carbocycles. The van der Waals surface area contributed by atoms with Gasteiger partial charge in [0.05, 0.1) is 0 Å². The fraction of sp³-hybridized carbons (Fsp3) is 0.353. The molecule has 0 saturated carbocycles. The van der Waals surface area contributed by atoms with Crippen LogP contribution in [0.1, 0.15) is 18.4 Å². The van der Waals surface area contributed by atoms with Crippen molar-refractivity contribution in [3.05, 3.63) is 29.3 Å². The van der Waals surface area contributed by atoms with Gasteiger partial charge in [0.25, 0.3) is 0 Å². The Morgan fingerprint density at radius 3 is 2.40 bits per heavy atom. The normalized spacial score (nSPS) is 16.3. The Bertz CT molecular complexity index is 748. The molecule has 0 aromatic heterocycles. The van der Waals surface area contributed by atoms with Crippen LogP contribution in [-0.2, 0) is 14.4 Å². The van der Waals surface area contributed by atoms with Gasteiger partial charge < -0.3 is 15.1 Å². The van der Waals surface area contributed by atoms with Crippen molar-refractivity contribution in [2.24, 2.45) is 0 Å². The lowest BCUT2D eigenvalue weighted by atomic mass is 10.2. The summed E-state index contributed by atoms with van der Waals surface area (Å²) in [4.78, 5) is 38.9. The third-order valence-corrected chi connectivity index (χ3v) is 3.88. The van der Waals surface area contributed by atoms with Crippen LogP contribution >= 0.6 is 0 Å². The molecule has 6 nitrogen and oxygen atoms in total. The van der Waals surface area contributed by atoms with E-state index in [2.05, 4.69) is 5.92 Å². The van der Waals surface area contributed by atoms with Crippen LogP contribution in [0, 0.1) is 24.0 Å². The average molecular weight is 349 g/mol. The molecule has 3 amide bonds. The third-order valence-electron chi connectivity index (χ3n) is 3.88. The molecule has 1 aromatic rings. The van der Waals surface area contributed by atoms with Gasteiger partial charge in [-0.3, -0.25) is 14.4 Å². The van der Waals surface area contributed by atoms with Crippen LogP contribution in [-0.4, -0.2) is 54.2 Å². The van der Waals surface area contributed by atoms with Gasteiger partial charge in [-0.05, 0) is 25.0 Å². The molecule has 8 heteroatoms. The SMILES string of the molecule is C#Cc1cc(F)c(NC(=O)C(=O)N2CCC[C@H]2C(=O)N(C)C)c(F)c1. The van der Waals surface area contributed by atoms with Crippen molar-refractivity contribution in [1.82, 2.24) is 9.80 Å². The minimum atomic E-state index is -1.22. The molecule has 1 fully saturated rings. The number of amides is 3. The fourth-order valence-corrected chi connectivity index (χ4v) is 2.64. The van der Waals surface area contributed by atoms with Crippen molar-refractivity contribution in [2.45, 2.75) is 18.9 Å². The Balaban J connectivity index is 2.17. The van der Waals surface area contributed by atoms with E-state index < -0.39 is 35.2 Å². The number of anilines is 1. The molecule has 25 heavy (non-hydrogen) atoms. The summed E-state index contributed by atoms with van der Waals surface area (Å²) in [6.45, 7) is 0.220. The van der Waals surface area contributed by atoms with E-state index in [9.17, 15) is 23.2 Å². The number of carbonyl (C=O) groups is 3. The number of hydrogen-bond acceptors (Lipinski definition) is 3. The summed E-state index contributed by atoms with van der Waals surface area (Å²) < 4.78 is 27.7. The van der Waals surface area contributed by atoms with Crippen LogP contribution in [0.5, 0.6) is 0 Å². The quantitative estimate of drug-likeness (QED) is 0.639. The molecule has 0 radical (unpaired) electrons. The van der Waals surface area contributed by atoms with Crippen molar-refractivity contribution >= 4 is 23.4 Å². The van der Waals surface area contributed by atoms with Gasteiger partial charge in [-0.2, -0.15) is 0 Å². The van der Waals surface area contributed by atoms with Gasteiger partial charge in [-0.15, -0.1) is 6.42 Å². The van der Waals surface area contributed by atoms with Gasteiger partial charge in [0.1, 0.15) is 11.7 Å². The monoisotopic (exact) mass is 349 g/mol. The molecule has 0 unspecified atom stereocenters. The van der Waals surface area contributed by atoms with E-state index >= 15 is 0 Å². The maximum absolute atomic E-state index is 13.9. The van der Waals surface area contributed by atoms with Gasteiger partial charge >= 0.3 is 11.8 Å². The first-order chi connectivity index (χ1) is 11.8. The van der Waals surface area contributed by atoms with E-state index in [1.807, 2.05) is 5.32 Å². The number of nitrogens with one attached hydrogen (secondary N) is 1. The molecule has 1 aliphatic rings. The molecule has 0 bridgehead atoms. The summed E-state index contributed by atoms with van der Waals surface area (Å²) in [5.41, 5.74) is -0.789. The largest absolute Gasteiger partial charge is 0.347 e. The van der Waals surface area contributed by atoms with E-state index in [0.717, 1.165) is 17.0 Å². The van der Waals surface area contributed by atoms with E-state index in [0.29, 0.717) is 12.8 Å². The Morgan fingerprint density at radius 1 is 1.28 bits per heavy atom. The minimum Gasteiger partial charge on any atom is -0.347 e. The Hall–Kier alpha value is -2.95. The van der Waals surface area contributed by atoms with Gasteiger partial charge in [-0.1, -0.05) is 5.92 Å². The number of nitrogens with zero attached hydrogens (tertiary/aromatic N) is 2. The van der Waals surface area contributed by atoms with E-state index in [-0.39, 0.29) is 18.0 Å². The summed E-state index contributed by atoms with van der Waals surface area (Å²) in [5, 5.41) is 1.92. The van der Waals surface area contributed by atoms with Crippen LogP contribution in [0.4, 0.5) is 14.5 Å². The lowest BCUT2D eigenvalue weighted by Gasteiger charge is -2.25. The Labute approximate surface area is 143 Å². The highest BCUT2D eigenvalue weighted by Crippen LogP contribution is 2.22. The highest BCUT2D eigenvalue weighted by atomic mass is 19.1. The van der Waals surface area contributed by atoms with Crippen molar-refractivity contribution in [1.29, 1.82) is 0 Å². The molecule has 1 saturated heterocycles. The second kappa shape index (κ2) is 7.30. The Morgan fingerprint density at radius 2 is 1.88 bits per heavy atom. The number of halogens is 2. The highest BCUT2D eigenvalue weighted by molar-refractivity contribution is 6.40. The minimum absolute atomic E-state index is 0.0319. The number of hydrogen-bond donors (Lipinski definition) is 1. The second-order valence-corrected chi connectivity index (χ2v) is 5.80. The molecule has 2 rings (SSSR count). The summed E-state index contributed by atoms with van der Waals surface area (Å²) in [6.07, 6.45) is 6.06. The van der Waals surface area contributed by atoms with E-state index in [1.54, 1.807) is 14.1 Å². The van der Waals surface area contributed by atoms with Crippen LogP contribution in [0.25, 0.3) is 0 Å². The highest BCUT2D eigenvalue weighted by Gasteiger charge is 2.37. The van der Waals surface area contributed by atoms with Gasteiger partial charge in [0.15, 0.2) is 11.6 Å². The topological polar surface area (TPSA) is 69.7 Å². The summed E-state index contributed by atoms with van der Waals surface area (Å²) in [5.74, 6) is -2.64. The van der Waals surface area contributed by atoms with Crippen LogP contribution in [0.15, 0.2) is 12.1 Å². The van der Waals surface area contributed by atoms with Crippen LogP contribution < -0.4 is 5.32 Å². The first-order valence-electron chi connectivity index (χ1n) is 7.55. The predicted octanol–water partition coefficient (Wildman–Crippen LogP) is 0.964.